The van der Waals surface area contributed by atoms with Crippen LogP contribution in [0.5, 0.6) is 11.5 Å². The maximum absolute atomic E-state index is 13.1. The first-order valence-electron chi connectivity index (χ1n) is 8.29. The number of rotatable bonds is 3. The summed E-state index contributed by atoms with van der Waals surface area (Å²) in [4.78, 5) is 26.3. The van der Waals surface area contributed by atoms with Gasteiger partial charge in [0.05, 0.1) is 22.8 Å². The number of hydrogen-bond acceptors (Lipinski definition) is 5. The third-order valence-electron chi connectivity index (χ3n) is 4.23. The van der Waals surface area contributed by atoms with E-state index < -0.39 is 23.6 Å². The highest BCUT2D eigenvalue weighted by Gasteiger charge is 2.37. The van der Waals surface area contributed by atoms with Gasteiger partial charge in [0.25, 0.3) is 11.8 Å². The number of carbonyl (C=O) groups is 2. The molecule has 2 N–H and O–H groups in total. The maximum atomic E-state index is 13.1. The number of alkyl halides is 3. The van der Waals surface area contributed by atoms with Gasteiger partial charge in [-0.25, -0.2) is 0 Å². The van der Waals surface area contributed by atoms with Crippen molar-refractivity contribution in [3.63, 3.8) is 0 Å². The number of methoxy groups -OCH3 is 1. The van der Waals surface area contributed by atoms with Gasteiger partial charge in [-0.05, 0) is 80.0 Å². The van der Waals surface area contributed by atoms with Gasteiger partial charge < -0.3 is 9.84 Å². The molecule has 1 aliphatic rings. The van der Waals surface area contributed by atoms with E-state index in [9.17, 15) is 27.9 Å². The molecule has 0 aromatic heterocycles. The number of hydrogen-bond donors (Lipinski definition) is 2. The van der Waals surface area contributed by atoms with Crippen molar-refractivity contribution in [2.45, 2.75) is 6.18 Å². The molecular formula is C19H11Br2F3N2O4S. The summed E-state index contributed by atoms with van der Waals surface area (Å²) in [5.41, 5.74) is -1.22. The van der Waals surface area contributed by atoms with Gasteiger partial charge in [-0.15, -0.1) is 0 Å². The first-order valence-corrected chi connectivity index (χ1v) is 10.3. The van der Waals surface area contributed by atoms with Crippen molar-refractivity contribution in [3.8, 4) is 11.5 Å². The van der Waals surface area contributed by atoms with Gasteiger partial charge in [-0.1, -0.05) is 6.07 Å². The van der Waals surface area contributed by atoms with Crippen LogP contribution in [0.15, 0.2) is 44.9 Å². The Morgan fingerprint density at radius 1 is 1.19 bits per heavy atom. The third-order valence-corrected chi connectivity index (χ3v) is 6.67. The molecule has 0 bridgehead atoms. The molecule has 1 aliphatic heterocycles. The van der Waals surface area contributed by atoms with E-state index >= 15 is 0 Å². The second-order valence-electron chi connectivity index (χ2n) is 6.15. The Labute approximate surface area is 195 Å². The Hall–Kier alpha value is -2.44. The molecule has 0 atom stereocenters. The molecule has 3 rings (SSSR count). The van der Waals surface area contributed by atoms with Crippen molar-refractivity contribution in [3.05, 3.63) is 56.0 Å². The second-order valence-corrected chi connectivity index (χ2v) is 8.12. The average molecular weight is 580 g/mol. The Morgan fingerprint density at radius 2 is 1.87 bits per heavy atom. The molecule has 0 spiro atoms. The van der Waals surface area contributed by atoms with E-state index in [0.29, 0.717) is 4.47 Å². The van der Waals surface area contributed by atoms with Crippen molar-refractivity contribution in [2.75, 3.05) is 12.0 Å². The molecule has 12 heteroatoms. The monoisotopic (exact) mass is 578 g/mol. The fourth-order valence-electron chi connectivity index (χ4n) is 2.74. The molecule has 0 radical (unpaired) electrons. The van der Waals surface area contributed by atoms with Crippen molar-refractivity contribution in [2.24, 2.45) is 0 Å². The maximum Gasteiger partial charge on any atom is 0.416 e. The zero-order valence-corrected chi connectivity index (χ0v) is 19.4. The summed E-state index contributed by atoms with van der Waals surface area (Å²) in [6.07, 6.45) is -3.42. The molecule has 1 heterocycles. The first-order chi connectivity index (χ1) is 14.5. The van der Waals surface area contributed by atoms with Gasteiger partial charge in [0.2, 0.25) is 0 Å². The van der Waals surface area contributed by atoms with Crippen LogP contribution in [-0.4, -0.2) is 29.1 Å². The topological polar surface area (TPSA) is 78.9 Å². The van der Waals surface area contributed by atoms with Crippen LogP contribution in [-0.2, 0) is 15.8 Å². The van der Waals surface area contributed by atoms with Crippen molar-refractivity contribution in [1.82, 2.24) is 5.32 Å². The van der Waals surface area contributed by atoms with Crippen LogP contribution in [0.4, 0.5) is 18.9 Å². The van der Waals surface area contributed by atoms with Crippen LogP contribution in [0.1, 0.15) is 11.1 Å². The summed E-state index contributed by atoms with van der Waals surface area (Å²) in [5, 5.41) is 12.0. The molecule has 162 valence electrons. The number of phenolic OH excluding ortho intramolecular Hbond substituents is 1. The molecule has 0 aliphatic carbocycles. The molecule has 2 aromatic carbocycles. The molecule has 6 nitrogen and oxygen atoms in total. The van der Waals surface area contributed by atoms with E-state index in [-0.39, 0.29) is 37.9 Å². The first kappa shape index (κ1) is 23.2. The number of thiocarbonyl (C=S) groups is 1. The molecule has 0 unspecified atom stereocenters. The number of benzene rings is 2. The Kier molecular flexibility index (Phi) is 6.44. The number of anilines is 1. The van der Waals surface area contributed by atoms with Crippen LogP contribution in [0.25, 0.3) is 6.08 Å². The zero-order valence-electron chi connectivity index (χ0n) is 15.4. The van der Waals surface area contributed by atoms with Crippen molar-refractivity contribution < 1.29 is 32.6 Å². The number of phenols is 1. The number of amides is 2. The normalized spacial score (nSPS) is 16.0. The predicted molar refractivity (Wildman–Crippen MR) is 118 cm³/mol. The minimum Gasteiger partial charge on any atom is -0.503 e. The number of ether oxygens (including phenoxy) is 1. The van der Waals surface area contributed by atoms with Gasteiger partial charge in [0.15, 0.2) is 16.6 Å². The third kappa shape index (κ3) is 4.46. The summed E-state index contributed by atoms with van der Waals surface area (Å²) >= 11 is 11.4. The summed E-state index contributed by atoms with van der Waals surface area (Å²) in [6.45, 7) is 0. The van der Waals surface area contributed by atoms with E-state index in [4.69, 9.17) is 17.0 Å². The fraction of sp³-hybridized carbons (Fsp3) is 0.105. The fourth-order valence-corrected chi connectivity index (χ4v) is 3.86. The van der Waals surface area contributed by atoms with Gasteiger partial charge in [-0.2, -0.15) is 13.2 Å². The highest BCUT2D eigenvalue weighted by molar-refractivity contribution is 9.13. The zero-order chi connectivity index (χ0) is 23.1. The van der Waals surface area contributed by atoms with E-state index in [1.807, 2.05) is 0 Å². The van der Waals surface area contributed by atoms with Crippen molar-refractivity contribution >= 4 is 72.8 Å². The van der Waals surface area contributed by atoms with E-state index in [2.05, 4.69) is 37.2 Å². The SMILES string of the molecule is COc1cc(/C=C2\C(=O)NC(=S)N(c3cccc(C(F)(F)F)c3)C2=O)c(Br)c(Br)c1O. The Bertz CT molecular complexity index is 1150. The highest BCUT2D eigenvalue weighted by atomic mass is 79.9. The predicted octanol–water partition coefficient (Wildman–Crippen LogP) is 4.78. The number of halogens is 5. The van der Waals surface area contributed by atoms with Crippen LogP contribution in [0, 0.1) is 0 Å². The molecule has 2 aromatic rings. The molecule has 31 heavy (non-hydrogen) atoms. The summed E-state index contributed by atoms with van der Waals surface area (Å²) in [6, 6.07) is 5.39. The number of nitrogens with zero attached hydrogens (tertiary/aromatic N) is 1. The summed E-state index contributed by atoms with van der Waals surface area (Å²) < 4.78 is 44.8. The van der Waals surface area contributed by atoms with Gasteiger partial charge in [0.1, 0.15) is 5.57 Å². The smallest absolute Gasteiger partial charge is 0.416 e. The van der Waals surface area contributed by atoms with Crippen molar-refractivity contribution in [1.29, 1.82) is 0 Å². The highest BCUT2D eigenvalue weighted by Crippen LogP contribution is 2.42. The minimum atomic E-state index is -4.63. The molecule has 1 fully saturated rings. The van der Waals surface area contributed by atoms with Crippen LogP contribution in [0.2, 0.25) is 0 Å². The second kappa shape index (κ2) is 8.60. The quantitative estimate of drug-likeness (QED) is 0.311. The number of nitrogens with one attached hydrogen (secondary N) is 1. The number of carbonyl (C=O) groups excluding carboxylic acids is 2. The van der Waals surface area contributed by atoms with E-state index in [0.717, 1.165) is 23.1 Å². The molecule has 2 amide bonds. The standard InChI is InChI=1S/C19H11Br2F3N2O4S/c1-30-12-6-8(13(20)14(21)15(12)27)5-11-16(28)25-18(31)26(17(11)29)10-4-2-3-9(7-10)19(22,23)24/h2-7,27H,1H3,(H,25,28,31)/b11-5+. The average Bonchev–Trinajstić information content (AvgIpc) is 2.70. The summed E-state index contributed by atoms with van der Waals surface area (Å²) in [7, 11) is 1.32. The van der Waals surface area contributed by atoms with E-state index in [1.54, 1.807) is 0 Å². The summed E-state index contributed by atoms with van der Waals surface area (Å²) in [5.74, 6) is -1.88. The van der Waals surface area contributed by atoms with Gasteiger partial charge >= 0.3 is 6.18 Å². The largest absolute Gasteiger partial charge is 0.503 e. The van der Waals surface area contributed by atoms with Crippen LogP contribution in [0.3, 0.4) is 0 Å². The van der Waals surface area contributed by atoms with Crippen LogP contribution >= 0.6 is 44.1 Å². The Balaban J connectivity index is 2.10. The molecular weight excluding hydrogens is 569 g/mol. The lowest BCUT2D eigenvalue weighted by molar-refractivity contribution is -0.137. The van der Waals surface area contributed by atoms with Crippen LogP contribution < -0.4 is 15.0 Å². The minimum absolute atomic E-state index is 0.0656. The molecule has 1 saturated heterocycles. The Morgan fingerprint density at radius 3 is 2.48 bits per heavy atom. The number of aromatic hydroxyl groups is 1. The molecule has 0 saturated carbocycles. The van der Waals surface area contributed by atoms with Gasteiger partial charge in [0, 0.05) is 4.47 Å². The lowest BCUT2D eigenvalue weighted by Gasteiger charge is -2.29. The van der Waals surface area contributed by atoms with E-state index in [1.165, 1.54) is 25.3 Å². The lowest BCUT2D eigenvalue weighted by Crippen LogP contribution is -2.54. The van der Waals surface area contributed by atoms with Gasteiger partial charge in [-0.3, -0.25) is 19.8 Å². The lowest BCUT2D eigenvalue weighted by atomic mass is 10.1.